The molecule has 25 heavy (non-hydrogen) atoms. The van der Waals surface area contributed by atoms with E-state index in [2.05, 4.69) is 15.6 Å². The Balaban J connectivity index is 0.00000225. The topological polar surface area (TPSA) is 79.7 Å². The van der Waals surface area contributed by atoms with Crippen LogP contribution in [0.4, 0.5) is 0 Å². The Kier molecular flexibility index (Phi) is 6.86. The number of aromatic nitrogens is 3. The molecule has 2 aromatic rings. The molecular weight excluding hydrogens is 348 g/mol. The molecule has 0 aliphatic carbocycles. The Morgan fingerprint density at radius 2 is 1.92 bits per heavy atom. The highest BCUT2D eigenvalue weighted by Gasteiger charge is 2.20. The average molecular weight is 371 g/mol. The third-order valence-electron chi connectivity index (χ3n) is 3.90. The van der Waals surface area contributed by atoms with Gasteiger partial charge in [0.15, 0.2) is 0 Å². The summed E-state index contributed by atoms with van der Waals surface area (Å²) in [6, 6.07) is 3.59. The van der Waals surface area contributed by atoms with Crippen molar-refractivity contribution in [2.75, 3.05) is 41.0 Å². The first-order valence-corrected chi connectivity index (χ1v) is 7.78. The fourth-order valence-corrected chi connectivity index (χ4v) is 2.71. The number of nitrogens with zero attached hydrogens (tertiary/aromatic N) is 3. The van der Waals surface area contributed by atoms with Crippen molar-refractivity contribution < 1.29 is 18.9 Å². The normalized spacial score (nSPS) is 16.8. The molecule has 1 unspecified atom stereocenters. The maximum absolute atomic E-state index is 5.70. The number of rotatable bonds is 6. The minimum Gasteiger partial charge on any atom is -0.496 e. The van der Waals surface area contributed by atoms with Crippen LogP contribution in [0, 0.1) is 0 Å². The van der Waals surface area contributed by atoms with Crippen LogP contribution in [0.2, 0.25) is 0 Å². The van der Waals surface area contributed by atoms with E-state index in [1.807, 2.05) is 6.20 Å². The monoisotopic (exact) mass is 370 g/mol. The minimum absolute atomic E-state index is 0. The van der Waals surface area contributed by atoms with Gasteiger partial charge in [0.1, 0.15) is 22.9 Å². The number of benzene rings is 1. The van der Waals surface area contributed by atoms with Gasteiger partial charge in [-0.1, -0.05) is 5.21 Å². The first-order chi connectivity index (χ1) is 11.7. The molecule has 0 bridgehead atoms. The number of hydrogen-bond acceptors (Lipinski definition) is 7. The van der Waals surface area contributed by atoms with Crippen molar-refractivity contribution in [2.24, 2.45) is 0 Å². The van der Waals surface area contributed by atoms with Gasteiger partial charge in [-0.05, 0) is 0 Å². The molecule has 1 fully saturated rings. The SMILES string of the molecule is COc1cc(OC)c(-c2cn(CC3CNCCO3)nn2)c(OC)c1.Cl. The van der Waals surface area contributed by atoms with Crippen LogP contribution in [0.3, 0.4) is 0 Å². The Hall–Kier alpha value is -2.03. The number of morpholine rings is 1. The smallest absolute Gasteiger partial charge is 0.135 e. The maximum atomic E-state index is 5.70. The first kappa shape index (κ1) is 19.3. The molecule has 0 radical (unpaired) electrons. The van der Waals surface area contributed by atoms with Crippen molar-refractivity contribution in [3.63, 3.8) is 0 Å². The lowest BCUT2D eigenvalue weighted by molar-refractivity contribution is 0.0158. The molecule has 9 heteroatoms. The van der Waals surface area contributed by atoms with Gasteiger partial charge in [-0.25, -0.2) is 4.68 Å². The second-order valence-corrected chi connectivity index (χ2v) is 5.43. The van der Waals surface area contributed by atoms with Gasteiger partial charge in [0, 0.05) is 25.2 Å². The zero-order valence-corrected chi connectivity index (χ0v) is 15.3. The standard InChI is InChI=1S/C16H22N4O4.ClH/c1-21-11-6-14(22-2)16(15(7-11)23-3)13-10-20(19-18-13)9-12-8-17-4-5-24-12;/h6-7,10,12,17H,4-5,8-9H2,1-3H3;1H. The van der Waals surface area contributed by atoms with E-state index in [9.17, 15) is 0 Å². The Bertz CT molecular complexity index is 664. The van der Waals surface area contributed by atoms with Crippen LogP contribution < -0.4 is 19.5 Å². The zero-order valence-electron chi connectivity index (χ0n) is 14.5. The summed E-state index contributed by atoms with van der Waals surface area (Å²) in [5.41, 5.74) is 1.42. The van der Waals surface area contributed by atoms with Gasteiger partial charge < -0.3 is 24.3 Å². The van der Waals surface area contributed by atoms with E-state index in [1.165, 1.54) is 0 Å². The number of hydrogen-bond donors (Lipinski definition) is 1. The molecule has 1 N–H and O–H groups in total. The Morgan fingerprint density at radius 1 is 1.20 bits per heavy atom. The number of nitrogens with one attached hydrogen (secondary N) is 1. The van der Waals surface area contributed by atoms with Crippen LogP contribution >= 0.6 is 12.4 Å². The molecule has 1 aliphatic heterocycles. The van der Waals surface area contributed by atoms with Crippen LogP contribution in [0.5, 0.6) is 17.2 Å². The highest BCUT2D eigenvalue weighted by atomic mass is 35.5. The van der Waals surface area contributed by atoms with Gasteiger partial charge in [0.2, 0.25) is 0 Å². The van der Waals surface area contributed by atoms with Gasteiger partial charge in [0.05, 0.1) is 52.3 Å². The van der Waals surface area contributed by atoms with Gasteiger partial charge in [0.25, 0.3) is 0 Å². The predicted molar refractivity (Wildman–Crippen MR) is 95.0 cm³/mol. The van der Waals surface area contributed by atoms with Crippen molar-refractivity contribution in [1.82, 2.24) is 20.3 Å². The molecule has 3 rings (SSSR count). The van der Waals surface area contributed by atoms with Crippen LogP contribution in [-0.4, -0.2) is 62.1 Å². The summed E-state index contributed by atoms with van der Waals surface area (Å²) in [5, 5.41) is 11.8. The number of methoxy groups -OCH3 is 3. The summed E-state index contributed by atoms with van der Waals surface area (Å²) in [6.45, 7) is 3.05. The molecule has 8 nitrogen and oxygen atoms in total. The van der Waals surface area contributed by atoms with Crippen LogP contribution in [0.25, 0.3) is 11.3 Å². The van der Waals surface area contributed by atoms with E-state index in [4.69, 9.17) is 18.9 Å². The van der Waals surface area contributed by atoms with Crippen LogP contribution in [-0.2, 0) is 11.3 Å². The van der Waals surface area contributed by atoms with Gasteiger partial charge in [-0.3, -0.25) is 0 Å². The van der Waals surface area contributed by atoms with E-state index in [-0.39, 0.29) is 18.5 Å². The largest absolute Gasteiger partial charge is 0.496 e. The second kappa shape index (κ2) is 8.89. The highest BCUT2D eigenvalue weighted by Crippen LogP contribution is 2.40. The lowest BCUT2D eigenvalue weighted by atomic mass is 10.1. The van der Waals surface area contributed by atoms with E-state index in [0.717, 1.165) is 18.7 Å². The molecule has 2 heterocycles. The molecule has 1 saturated heterocycles. The summed E-state index contributed by atoms with van der Waals surface area (Å²) < 4.78 is 23.7. The van der Waals surface area contributed by atoms with E-state index < -0.39 is 0 Å². The zero-order chi connectivity index (χ0) is 16.9. The lowest BCUT2D eigenvalue weighted by Crippen LogP contribution is -2.40. The van der Waals surface area contributed by atoms with E-state index in [1.54, 1.807) is 38.1 Å². The molecule has 1 aromatic heterocycles. The van der Waals surface area contributed by atoms with Gasteiger partial charge in [-0.15, -0.1) is 17.5 Å². The van der Waals surface area contributed by atoms with E-state index in [0.29, 0.717) is 36.1 Å². The molecular formula is C16H23ClN4O4. The Labute approximate surface area is 152 Å². The Morgan fingerprint density at radius 3 is 2.48 bits per heavy atom. The molecule has 0 amide bonds. The lowest BCUT2D eigenvalue weighted by Gasteiger charge is -2.23. The van der Waals surface area contributed by atoms with Gasteiger partial charge >= 0.3 is 0 Å². The first-order valence-electron chi connectivity index (χ1n) is 7.78. The van der Waals surface area contributed by atoms with Crippen molar-refractivity contribution >= 4 is 12.4 Å². The van der Waals surface area contributed by atoms with Crippen LogP contribution in [0.1, 0.15) is 0 Å². The summed E-state index contributed by atoms with van der Waals surface area (Å²) in [4.78, 5) is 0. The number of ether oxygens (including phenoxy) is 4. The van der Waals surface area contributed by atoms with Crippen molar-refractivity contribution in [2.45, 2.75) is 12.6 Å². The van der Waals surface area contributed by atoms with Crippen molar-refractivity contribution in [3.05, 3.63) is 18.3 Å². The van der Waals surface area contributed by atoms with Crippen molar-refractivity contribution in [3.8, 4) is 28.5 Å². The average Bonchev–Trinajstić information content (AvgIpc) is 3.09. The molecule has 1 aromatic carbocycles. The summed E-state index contributed by atoms with van der Waals surface area (Å²) in [7, 11) is 4.80. The fraction of sp³-hybridized carbons (Fsp3) is 0.500. The maximum Gasteiger partial charge on any atom is 0.135 e. The van der Waals surface area contributed by atoms with E-state index >= 15 is 0 Å². The summed E-state index contributed by atoms with van der Waals surface area (Å²) in [6.07, 6.45) is 1.96. The minimum atomic E-state index is 0. The summed E-state index contributed by atoms with van der Waals surface area (Å²) >= 11 is 0. The molecule has 1 atom stereocenters. The number of halogens is 1. The fourth-order valence-electron chi connectivity index (χ4n) is 2.71. The van der Waals surface area contributed by atoms with Gasteiger partial charge in [-0.2, -0.15) is 0 Å². The van der Waals surface area contributed by atoms with Crippen molar-refractivity contribution in [1.29, 1.82) is 0 Å². The molecule has 1 aliphatic rings. The predicted octanol–water partition coefficient (Wildman–Crippen LogP) is 1.38. The quantitative estimate of drug-likeness (QED) is 0.822. The summed E-state index contributed by atoms with van der Waals surface area (Å²) in [5.74, 6) is 1.89. The highest BCUT2D eigenvalue weighted by molar-refractivity contribution is 5.85. The van der Waals surface area contributed by atoms with Crippen LogP contribution in [0.15, 0.2) is 18.3 Å². The molecule has 0 saturated carbocycles. The molecule has 138 valence electrons. The second-order valence-electron chi connectivity index (χ2n) is 5.43. The third kappa shape index (κ3) is 4.33. The molecule has 0 spiro atoms. The third-order valence-corrected chi connectivity index (χ3v) is 3.90.